The fourth-order valence-corrected chi connectivity index (χ4v) is 1.21. The van der Waals surface area contributed by atoms with E-state index in [2.05, 4.69) is 5.32 Å². The van der Waals surface area contributed by atoms with Gasteiger partial charge in [0.05, 0.1) is 0 Å². The summed E-state index contributed by atoms with van der Waals surface area (Å²) in [5.41, 5.74) is 5.62. The molecule has 0 aromatic heterocycles. The average Bonchev–Trinajstić information content (AvgIpc) is 2.85. The molecule has 70 valence electrons. The number of likely N-dealkylation sites (N-methyl/N-ethyl adjacent to an activating group) is 1. The van der Waals surface area contributed by atoms with Crippen LogP contribution in [0, 0.1) is 5.92 Å². The van der Waals surface area contributed by atoms with Crippen molar-refractivity contribution in [2.75, 3.05) is 7.05 Å². The second-order valence-corrected chi connectivity index (χ2v) is 3.40. The van der Waals surface area contributed by atoms with Crippen LogP contribution in [0.1, 0.15) is 19.3 Å². The Kier molecular flexibility index (Phi) is 3.05. The van der Waals surface area contributed by atoms with Crippen molar-refractivity contribution in [3.63, 3.8) is 0 Å². The van der Waals surface area contributed by atoms with Gasteiger partial charge >= 0.3 is 0 Å². The number of carbonyl (C=O) groups is 1. The summed E-state index contributed by atoms with van der Waals surface area (Å²) in [5, 5.41) is 11.7. The van der Waals surface area contributed by atoms with E-state index in [9.17, 15) is 9.90 Å². The van der Waals surface area contributed by atoms with Gasteiger partial charge in [0, 0.05) is 13.1 Å². The summed E-state index contributed by atoms with van der Waals surface area (Å²) in [6.07, 6.45) is 2.09. The SMILES string of the molecule is CNC(=O)C(O)[C@@H](N)CC1CC1. The number of hydrogen-bond acceptors (Lipinski definition) is 3. The van der Waals surface area contributed by atoms with Gasteiger partial charge in [0.15, 0.2) is 0 Å². The van der Waals surface area contributed by atoms with Crippen molar-refractivity contribution in [3.8, 4) is 0 Å². The zero-order valence-corrected chi connectivity index (χ0v) is 7.29. The van der Waals surface area contributed by atoms with Crippen molar-refractivity contribution >= 4 is 5.91 Å². The molecule has 0 bridgehead atoms. The lowest BCUT2D eigenvalue weighted by Gasteiger charge is -2.16. The van der Waals surface area contributed by atoms with Gasteiger partial charge in [0.2, 0.25) is 5.91 Å². The number of rotatable bonds is 4. The van der Waals surface area contributed by atoms with Crippen LogP contribution >= 0.6 is 0 Å². The molecule has 12 heavy (non-hydrogen) atoms. The number of amides is 1. The average molecular weight is 172 g/mol. The van der Waals surface area contributed by atoms with Gasteiger partial charge in [-0.25, -0.2) is 0 Å². The fraction of sp³-hybridized carbons (Fsp3) is 0.875. The quantitative estimate of drug-likeness (QED) is 0.520. The van der Waals surface area contributed by atoms with Gasteiger partial charge < -0.3 is 16.2 Å². The van der Waals surface area contributed by atoms with E-state index >= 15 is 0 Å². The summed E-state index contributed by atoms with van der Waals surface area (Å²) >= 11 is 0. The van der Waals surface area contributed by atoms with Crippen LogP contribution in [0.4, 0.5) is 0 Å². The predicted octanol–water partition coefficient (Wildman–Crippen LogP) is -0.779. The maximum absolute atomic E-state index is 10.9. The molecule has 0 saturated heterocycles. The van der Waals surface area contributed by atoms with E-state index in [1.807, 2.05) is 0 Å². The lowest BCUT2D eigenvalue weighted by atomic mass is 10.1. The highest BCUT2D eigenvalue weighted by atomic mass is 16.3. The van der Waals surface area contributed by atoms with Gasteiger partial charge in [-0.3, -0.25) is 4.79 Å². The Morgan fingerprint density at radius 3 is 2.75 bits per heavy atom. The van der Waals surface area contributed by atoms with E-state index in [0.29, 0.717) is 5.92 Å². The van der Waals surface area contributed by atoms with Crippen molar-refractivity contribution in [3.05, 3.63) is 0 Å². The minimum atomic E-state index is -1.05. The lowest BCUT2D eigenvalue weighted by Crippen LogP contribution is -2.45. The Hall–Kier alpha value is -0.610. The molecule has 1 rings (SSSR count). The summed E-state index contributed by atoms with van der Waals surface area (Å²) in [6.45, 7) is 0. The van der Waals surface area contributed by atoms with E-state index in [-0.39, 0.29) is 5.91 Å². The minimum absolute atomic E-state index is 0.386. The molecule has 1 fully saturated rings. The standard InChI is InChI=1S/C8H16N2O2/c1-10-8(12)7(11)6(9)4-5-2-3-5/h5-7,11H,2-4,9H2,1H3,(H,10,12)/t6-,7?/m0/s1. The molecule has 0 heterocycles. The third-order valence-electron chi connectivity index (χ3n) is 2.22. The smallest absolute Gasteiger partial charge is 0.250 e. The third kappa shape index (κ3) is 2.46. The molecule has 1 saturated carbocycles. The monoisotopic (exact) mass is 172 g/mol. The van der Waals surface area contributed by atoms with Crippen molar-refractivity contribution in [2.45, 2.75) is 31.4 Å². The second kappa shape index (κ2) is 3.87. The summed E-state index contributed by atoms with van der Waals surface area (Å²) in [7, 11) is 1.50. The highest BCUT2D eigenvalue weighted by Gasteiger charge is 2.29. The summed E-state index contributed by atoms with van der Waals surface area (Å²) in [5.74, 6) is 0.252. The first kappa shape index (κ1) is 9.48. The molecule has 0 aromatic carbocycles. The Morgan fingerprint density at radius 2 is 2.33 bits per heavy atom. The number of aliphatic hydroxyl groups is 1. The molecular formula is C8H16N2O2. The Labute approximate surface area is 72.1 Å². The molecule has 1 unspecified atom stereocenters. The summed E-state index contributed by atoms with van der Waals surface area (Å²) in [6, 6.07) is -0.405. The zero-order chi connectivity index (χ0) is 9.14. The number of carbonyl (C=O) groups excluding carboxylic acids is 1. The van der Waals surface area contributed by atoms with E-state index in [1.54, 1.807) is 0 Å². The molecule has 2 atom stereocenters. The minimum Gasteiger partial charge on any atom is -0.382 e. The molecule has 0 aliphatic heterocycles. The van der Waals surface area contributed by atoms with Crippen LogP contribution in [0.2, 0.25) is 0 Å². The molecule has 4 N–H and O–H groups in total. The molecule has 1 aliphatic carbocycles. The van der Waals surface area contributed by atoms with E-state index < -0.39 is 12.1 Å². The first-order valence-electron chi connectivity index (χ1n) is 4.30. The normalized spacial score (nSPS) is 21.6. The number of nitrogens with one attached hydrogen (secondary N) is 1. The van der Waals surface area contributed by atoms with Gasteiger partial charge in [-0.15, -0.1) is 0 Å². The number of nitrogens with two attached hydrogens (primary N) is 1. The molecule has 0 aromatic rings. The van der Waals surface area contributed by atoms with Crippen LogP contribution in [0.5, 0.6) is 0 Å². The van der Waals surface area contributed by atoms with Crippen molar-refractivity contribution in [1.82, 2.24) is 5.32 Å². The van der Waals surface area contributed by atoms with Crippen molar-refractivity contribution in [2.24, 2.45) is 11.7 Å². The van der Waals surface area contributed by atoms with Crippen LogP contribution in [0.15, 0.2) is 0 Å². The van der Waals surface area contributed by atoms with Crippen LogP contribution in [-0.4, -0.2) is 30.2 Å². The molecule has 1 aliphatic rings. The van der Waals surface area contributed by atoms with Gasteiger partial charge in [-0.2, -0.15) is 0 Å². The van der Waals surface area contributed by atoms with Crippen LogP contribution in [0.3, 0.4) is 0 Å². The molecule has 4 nitrogen and oxygen atoms in total. The topological polar surface area (TPSA) is 75.3 Å². The van der Waals surface area contributed by atoms with Gasteiger partial charge in [-0.05, 0) is 12.3 Å². The molecular weight excluding hydrogens is 156 g/mol. The molecule has 4 heteroatoms. The predicted molar refractivity (Wildman–Crippen MR) is 45.4 cm³/mol. The third-order valence-corrected chi connectivity index (χ3v) is 2.22. The summed E-state index contributed by atoms with van der Waals surface area (Å²) < 4.78 is 0. The Balaban J connectivity index is 2.28. The van der Waals surface area contributed by atoms with Crippen LogP contribution < -0.4 is 11.1 Å². The van der Waals surface area contributed by atoms with Crippen molar-refractivity contribution in [1.29, 1.82) is 0 Å². The van der Waals surface area contributed by atoms with Crippen LogP contribution in [0.25, 0.3) is 0 Å². The first-order valence-corrected chi connectivity index (χ1v) is 4.30. The lowest BCUT2D eigenvalue weighted by molar-refractivity contribution is -0.129. The summed E-state index contributed by atoms with van der Waals surface area (Å²) in [4.78, 5) is 10.9. The highest BCUT2D eigenvalue weighted by molar-refractivity contribution is 5.80. The molecule has 0 radical (unpaired) electrons. The highest BCUT2D eigenvalue weighted by Crippen LogP contribution is 2.33. The fourth-order valence-electron chi connectivity index (χ4n) is 1.21. The second-order valence-electron chi connectivity index (χ2n) is 3.40. The van der Waals surface area contributed by atoms with E-state index in [4.69, 9.17) is 5.73 Å². The van der Waals surface area contributed by atoms with Crippen molar-refractivity contribution < 1.29 is 9.90 Å². The molecule has 1 amide bonds. The van der Waals surface area contributed by atoms with Gasteiger partial charge in [0.25, 0.3) is 0 Å². The zero-order valence-electron chi connectivity index (χ0n) is 7.29. The maximum atomic E-state index is 10.9. The Bertz CT molecular complexity index is 168. The maximum Gasteiger partial charge on any atom is 0.250 e. The van der Waals surface area contributed by atoms with Crippen LogP contribution in [-0.2, 0) is 4.79 Å². The van der Waals surface area contributed by atoms with Gasteiger partial charge in [0.1, 0.15) is 6.10 Å². The first-order chi connectivity index (χ1) is 5.65. The largest absolute Gasteiger partial charge is 0.382 e. The van der Waals surface area contributed by atoms with E-state index in [1.165, 1.54) is 19.9 Å². The number of hydrogen-bond donors (Lipinski definition) is 3. The molecule has 0 spiro atoms. The number of aliphatic hydroxyl groups excluding tert-OH is 1. The Morgan fingerprint density at radius 1 is 1.75 bits per heavy atom. The van der Waals surface area contributed by atoms with Gasteiger partial charge in [-0.1, -0.05) is 12.8 Å². The van der Waals surface area contributed by atoms with E-state index in [0.717, 1.165) is 6.42 Å².